The molecule has 0 aliphatic rings. The van der Waals surface area contributed by atoms with Gasteiger partial charge in [-0.15, -0.1) is 0 Å². The number of imide groups is 1. The van der Waals surface area contributed by atoms with Gasteiger partial charge in [0.15, 0.2) is 5.65 Å². The van der Waals surface area contributed by atoms with Crippen LogP contribution in [0.5, 0.6) is 0 Å². The first-order valence-corrected chi connectivity index (χ1v) is 12.0. The van der Waals surface area contributed by atoms with E-state index in [0.29, 0.717) is 17.0 Å². The highest BCUT2D eigenvalue weighted by Crippen LogP contribution is 2.32. The third-order valence-corrected chi connectivity index (χ3v) is 4.25. The summed E-state index contributed by atoms with van der Waals surface area (Å²) in [6, 6.07) is 0. The zero-order valence-corrected chi connectivity index (χ0v) is 23.4. The second kappa shape index (κ2) is 11.3. The fourth-order valence-electron chi connectivity index (χ4n) is 2.76. The molecule has 0 aliphatic carbocycles. The van der Waals surface area contributed by atoms with Crippen molar-refractivity contribution in [2.45, 2.75) is 85.5 Å². The Morgan fingerprint density at radius 3 is 2.00 bits per heavy atom. The van der Waals surface area contributed by atoms with Crippen molar-refractivity contribution in [2.24, 2.45) is 0 Å². The molecule has 0 radical (unpaired) electrons. The lowest BCUT2D eigenvalue weighted by Gasteiger charge is -2.29. The summed E-state index contributed by atoms with van der Waals surface area (Å²) in [7, 11) is 0. The molecular weight excluding hydrogens is 502 g/mol. The van der Waals surface area contributed by atoms with Crippen LogP contribution in [0.3, 0.4) is 0 Å². The number of nitrogens with one attached hydrogen (secondary N) is 1. The summed E-state index contributed by atoms with van der Waals surface area (Å²) in [5.41, 5.74) is -1.97. The predicted octanol–water partition coefficient (Wildman–Crippen LogP) is 5.33. The minimum absolute atomic E-state index is 0.0177. The number of aromatic nitrogens is 3. The Labute approximate surface area is 221 Å². The molecule has 202 valence electrons. The molecule has 0 spiro atoms. The monoisotopic (exact) mass is 535 g/mol. The molecule has 0 aliphatic heterocycles. The third-order valence-electron chi connectivity index (χ3n) is 3.97. The molecule has 2 aromatic rings. The van der Waals surface area contributed by atoms with Crippen molar-refractivity contribution in [3.63, 3.8) is 0 Å². The Hall–Kier alpha value is -3.52. The highest BCUT2D eigenvalue weighted by atomic mass is 35.5. The maximum atomic E-state index is 13.1. The number of imidazole rings is 1. The number of nitrogens with zero attached hydrogens (tertiary/aromatic N) is 4. The first kappa shape index (κ1) is 29.7. The van der Waals surface area contributed by atoms with E-state index in [0.717, 1.165) is 0 Å². The van der Waals surface area contributed by atoms with E-state index in [-0.39, 0.29) is 22.9 Å². The Bertz CT molecular complexity index is 1200. The maximum absolute atomic E-state index is 13.1. The molecule has 0 saturated carbocycles. The van der Waals surface area contributed by atoms with E-state index < -0.39 is 35.1 Å². The topological polar surface area (TPSA) is 124 Å². The molecule has 0 unspecified atom stereocenters. The third kappa shape index (κ3) is 9.13. The van der Waals surface area contributed by atoms with Gasteiger partial charge in [-0.2, -0.15) is 10.00 Å². The zero-order valence-electron chi connectivity index (χ0n) is 22.7. The summed E-state index contributed by atoms with van der Waals surface area (Å²) in [4.78, 5) is 42.9. The van der Waals surface area contributed by atoms with Crippen LogP contribution in [0.25, 0.3) is 5.65 Å². The average Bonchev–Trinajstić information content (AvgIpc) is 3.08. The predicted molar refractivity (Wildman–Crippen MR) is 139 cm³/mol. The van der Waals surface area contributed by atoms with Crippen LogP contribution in [0.15, 0.2) is 12.4 Å². The number of ether oxygens (including phenoxy) is 3. The number of amides is 3. The summed E-state index contributed by atoms with van der Waals surface area (Å²) < 4.78 is 17.4. The van der Waals surface area contributed by atoms with E-state index in [9.17, 15) is 14.4 Å². The summed E-state index contributed by atoms with van der Waals surface area (Å²) in [6.07, 6.45) is 0.520. The van der Waals surface area contributed by atoms with Crippen LogP contribution < -0.4 is 10.2 Å². The molecule has 0 atom stereocenters. The molecule has 0 aromatic carbocycles. The lowest BCUT2D eigenvalue weighted by atomic mass is 10.2. The van der Waals surface area contributed by atoms with Gasteiger partial charge in [0.1, 0.15) is 28.2 Å². The molecule has 0 saturated heterocycles. The quantitative estimate of drug-likeness (QED) is 0.318. The van der Waals surface area contributed by atoms with Crippen LogP contribution in [0.4, 0.5) is 20.1 Å². The first-order valence-electron chi connectivity index (χ1n) is 11.6. The summed E-state index contributed by atoms with van der Waals surface area (Å²) in [6.45, 7) is 15.6. The number of halogens is 1. The lowest BCUT2D eigenvalue weighted by molar-refractivity contribution is 0.0428. The van der Waals surface area contributed by atoms with Crippen LogP contribution in [0, 0.1) is 11.8 Å². The van der Waals surface area contributed by atoms with Crippen molar-refractivity contribution in [1.29, 1.82) is 0 Å². The number of hydrogen-bond donors (Lipinski definition) is 1. The second-order valence-corrected chi connectivity index (χ2v) is 11.4. The smallest absolute Gasteiger partial charge is 0.424 e. The van der Waals surface area contributed by atoms with Crippen LogP contribution >= 0.6 is 11.6 Å². The van der Waals surface area contributed by atoms with Gasteiger partial charge in [0.25, 0.3) is 0 Å². The molecule has 12 heteroatoms. The number of carbonyl (C=O) groups excluding carboxylic acids is 3. The Balaban J connectivity index is 2.37. The van der Waals surface area contributed by atoms with Gasteiger partial charge in [0.2, 0.25) is 0 Å². The van der Waals surface area contributed by atoms with Gasteiger partial charge >= 0.3 is 18.3 Å². The molecule has 2 heterocycles. The van der Waals surface area contributed by atoms with E-state index in [4.69, 9.17) is 25.8 Å². The SMILES string of the molecule is CC(C)(C)OC(=O)NCCC#Cc1cnc2c(N(C(=O)OC(C)(C)C)C(=O)OC(C)(C)C)c(Cl)cnn12. The van der Waals surface area contributed by atoms with Crippen molar-refractivity contribution in [3.05, 3.63) is 23.1 Å². The van der Waals surface area contributed by atoms with Crippen LogP contribution in [-0.2, 0) is 14.2 Å². The summed E-state index contributed by atoms with van der Waals surface area (Å²) in [5.74, 6) is 5.83. The summed E-state index contributed by atoms with van der Waals surface area (Å²) >= 11 is 6.40. The molecule has 0 bridgehead atoms. The minimum Gasteiger partial charge on any atom is -0.444 e. The van der Waals surface area contributed by atoms with Crippen LogP contribution in [0.2, 0.25) is 5.02 Å². The van der Waals surface area contributed by atoms with E-state index in [1.54, 1.807) is 62.3 Å². The average molecular weight is 536 g/mol. The molecule has 2 rings (SSSR count). The number of fused-ring (bicyclic) bond motifs is 1. The Morgan fingerprint density at radius 2 is 1.49 bits per heavy atom. The van der Waals surface area contributed by atoms with E-state index in [1.165, 1.54) is 16.9 Å². The maximum Gasteiger partial charge on any atom is 0.424 e. The van der Waals surface area contributed by atoms with Crippen molar-refractivity contribution in [3.8, 4) is 11.8 Å². The fraction of sp³-hybridized carbons (Fsp3) is 0.560. The number of anilines is 1. The van der Waals surface area contributed by atoms with Gasteiger partial charge in [-0.1, -0.05) is 17.5 Å². The molecule has 1 N–H and O–H groups in total. The van der Waals surface area contributed by atoms with Crippen molar-refractivity contribution in [1.82, 2.24) is 19.9 Å². The van der Waals surface area contributed by atoms with Crippen molar-refractivity contribution >= 4 is 41.2 Å². The second-order valence-electron chi connectivity index (χ2n) is 11.0. The van der Waals surface area contributed by atoms with Gasteiger partial charge in [0.05, 0.1) is 17.4 Å². The van der Waals surface area contributed by atoms with E-state index in [2.05, 4.69) is 27.2 Å². The fourth-order valence-corrected chi connectivity index (χ4v) is 2.97. The molecule has 37 heavy (non-hydrogen) atoms. The van der Waals surface area contributed by atoms with Gasteiger partial charge in [-0.3, -0.25) is 0 Å². The number of hydrogen-bond acceptors (Lipinski definition) is 8. The standard InChI is InChI=1S/C25H34ClN5O6/c1-23(2,3)35-20(32)27-13-11-10-12-16-14-28-19-18(17(26)15-29-31(16)19)30(21(33)36-24(4,5)6)22(34)37-25(7,8)9/h14-15H,11,13H2,1-9H3,(H,27,32). The zero-order chi connectivity index (χ0) is 28.2. The van der Waals surface area contributed by atoms with Crippen LogP contribution in [0.1, 0.15) is 74.4 Å². The molecular formula is C25H34ClN5O6. The van der Waals surface area contributed by atoms with Gasteiger partial charge in [0, 0.05) is 13.0 Å². The summed E-state index contributed by atoms with van der Waals surface area (Å²) in [5, 5.41) is 6.82. The van der Waals surface area contributed by atoms with E-state index in [1.807, 2.05) is 0 Å². The molecule has 0 fully saturated rings. The Kier molecular flexibility index (Phi) is 9.04. The molecule has 11 nitrogen and oxygen atoms in total. The van der Waals surface area contributed by atoms with Gasteiger partial charge in [-0.05, 0) is 68.2 Å². The first-order chi connectivity index (χ1) is 16.9. The van der Waals surface area contributed by atoms with E-state index >= 15 is 0 Å². The number of carbonyl (C=O) groups is 3. The van der Waals surface area contributed by atoms with Crippen molar-refractivity contribution in [2.75, 3.05) is 11.4 Å². The Morgan fingerprint density at radius 1 is 0.946 bits per heavy atom. The lowest BCUT2D eigenvalue weighted by Crippen LogP contribution is -2.44. The van der Waals surface area contributed by atoms with Crippen LogP contribution in [-0.4, -0.2) is 56.2 Å². The van der Waals surface area contributed by atoms with Gasteiger partial charge in [-0.25, -0.2) is 23.9 Å². The number of rotatable bonds is 3. The molecule has 3 amide bonds. The van der Waals surface area contributed by atoms with Gasteiger partial charge < -0.3 is 19.5 Å². The number of alkyl carbamates (subject to hydrolysis) is 1. The highest BCUT2D eigenvalue weighted by molar-refractivity contribution is 6.35. The highest BCUT2D eigenvalue weighted by Gasteiger charge is 2.36. The minimum atomic E-state index is -0.986. The largest absolute Gasteiger partial charge is 0.444 e. The molecule has 2 aromatic heterocycles. The van der Waals surface area contributed by atoms with Crippen molar-refractivity contribution < 1.29 is 28.6 Å². The normalized spacial score (nSPS) is 11.8.